The molecule has 152 valence electrons. The van der Waals surface area contributed by atoms with Crippen LogP contribution in [0, 0.1) is 5.92 Å². The van der Waals surface area contributed by atoms with Gasteiger partial charge in [-0.1, -0.05) is 18.2 Å². The molecule has 1 saturated carbocycles. The minimum atomic E-state index is -1.03. The van der Waals surface area contributed by atoms with E-state index < -0.39 is 12.6 Å². The fourth-order valence-corrected chi connectivity index (χ4v) is 5.07. The van der Waals surface area contributed by atoms with Crippen molar-refractivity contribution in [2.24, 2.45) is 10.9 Å². The summed E-state index contributed by atoms with van der Waals surface area (Å²) < 4.78 is 6.92. The Morgan fingerprint density at radius 3 is 2.80 bits per heavy atom. The highest BCUT2D eigenvalue weighted by Crippen LogP contribution is 2.44. The molecule has 9 heteroatoms. The van der Waals surface area contributed by atoms with Crippen LogP contribution in [0.25, 0.3) is 0 Å². The van der Waals surface area contributed by atoms with Crippen molar-refractivity contribution in [1.29, 1.82) is 0 Å². The van der Waals surface area contributed by atoms with Gasteiger partial charge in [-0.3, -0.25) is 4.79 Å². The van der Waals surface area contributed by atoms with Gasteiger partial charge in [0.25, 0.3) is 0 Å². The lowest BCUT2D eigenvalue weighted by atomic mass is 9.73. The summed E-state index contributed by atoms with van der Waals surface area (Å²) in [7, 11) is 0. The van der Waals surface area contributed by atoms with Gasteiger partial charge >= 0.3 is 5.97 Å². The second-order valence-corrected chi connectivity index (χ2v) is 8.35. The Kier molecular flexibility index (Phi) is 4.66. The molecule has 1 aliphatic heterocycles. The number of hydrogen-bond donors (Lipinski definition) is 1. The van der Waals surface area contributed by atoms with E-state index in [0.717, 1.165) is 17.7 Å². The van der Waals surface area contributed by atoms with Crippen LogP contribution in [-0.2, 0) is 9.59 Å². The molecule has 3 aromatic rings. The van der Waals surface area contributed by atoms with E-state index in [1.54, 1.807) is 28.2 Å². The maximum absolute atomic E-state index is 13.3. The van der Waals surface area contributed by atoms with Crippen molar-refractivity contribution in [2.45, 2.75) is 24.8 Å². The Hall–Kier alpha value is -3.33. The van der Waals surface area contributed by atoms with E-state index in [-0.39, 0.29) is 23.7 Å². The number of benzene rings is 1. The van der Waals surface area contributed by atoms with E-state index in [9.17, 15) is 9.59 Å². The fourth-order valence-electron chi connectivity index (χ4n) is 4.24. The number of carbonyl (C=O) groups excluding carboxylic acids is 1. The third kappa shape index (κ3) is 3.30. The van der Waals surface area contributed by atoms with Crippen molar-refractivity contribution in [1.82, 2.24) is 14.8 Å². The van der Waals surface area contributed by atoms with E-state index in [4.69, 9.17) is 9.84 Å². The van der Waals surface area contributed by atoms with E-state index in [2.05, 4.69) is 21.1 Å². The number of aromatic nitrogens is 3. The Bertz CT molecular complexity index is 1120. The van der Waals surface area contributed by atoms with E-state index >= 15 is 0 Å². The van der Waals surface area contributed by atoms with Crippen molar-refractivity contribution in [3.05, 3.63) is 58.5 Å². The normalized spacial score (nSPS) is 22.7. The molecule has 1 aliphatic carbocycles. The number of nitrogens with zero attached hydrogens (tertiary/aromatic N) is 4. The zero-order valence-corrected chi connectivity index (χ0v) is 16.7. The summed E-state index contributed by atoms with van der Waals surface area (Å²) >= 11 is 1.67. The molecule has 8 nitrogen and oxygen atoms in total. The number of Topliss-reactive ketones (excluding diaryl/α,β-unsaturated/α-hetero) is 1. The molecular formula is C21H18N4O4S. The average Bonchev–Trinajstić information content (AvgIpc) is 3.43. The minimum Gasteiger partial charge on any atom is -0.482 e. The summed E-state index contributed by atoms with van der Waals surface area (Å²) in [6.45, 7) is -0.405. The summed E-state index contributed by atoms with van der Waals surface area (Å²) in [5, 5.41) is 15.1. The van der Waals surface area contributed by atoms with E-state index in [1.165, 1.54) is 11.2 Å². The smallest absolute Gasteiger partial charge is 0.341 e. The van der Waals surface area contributed by atoms with Crippen LogP contribution in [-0.4, -0.2) is 43.9 Å². The predicted molar refractivity (Wildman–Crippen MR) is 110 cm³/mol. The SMILES string of the molecule is O=C(O)COc1ccc(C2C3C(=O)CC(c4cccs4)CC3=Nc3ncnn32)cc1. The van der Waals surface area contributed by atoms with Gasteiger partial charge in [-0.05, 0) is 35.6 Å². The number of carbonyl (C=O) groups is 2. The highest BCUT2D eigenvalue weighted by atomic mass is 32.1. The number of ether oxygens (including phenoxy) is 1. The first-order valence-corrected chi connectivity index (χ1v) is 10.5. The van der Waals surface area contributed by atoms with Crippen LogP contribution >= 0.6 is 11.3 Å². The topological polar surface area (TPSA) is 107 Å². The van der Waals surface area contributed by atoms with Gasteiger partial charge in [0, 0.05) is 22.9 Å². The molecule has 1 N–H and O–H groups in total. The van der Waals surface area contributed by atoms with Crippen LogP contribution < -0.4 is 4.74 Å². The van der Waals surface area contributed by atoms with Crippen LogP contribution in [0.15, 0.2) is 53.1 Å². The van der Waals surface area contributed by atoms with E-state index in [0.29, 0.717) is 18.1 Å². The molecule has 1 fully saturated rings. The number of carboxylic acids is 1. The Labute approximate surface area is 175 Å². The number of aliphatic carboxylic acids is 1. The lowest BCUT2D eigenvalue weighted by Gasteiger charge is -2.36. The molecule has 3 unspecified atom stereocenters. The lowest BCUT2D eigenvalue weighted by Crippen LogP contribution is -2.41. The van der Waals surface area contributed by atoms with Gasteiger partial charge in [0.15, 0.2) is 6.61 Å². The van der Waals surface area contributed by atoms with Crippen LogP contribution in [0.3, 0.4) is 0 Å². The number of rotatable bonds is 5. The Balaban J connectivity index is 1.48. The van der Waals surface area contributed by atoms with Gasteiger partial charge in [0.1, 0.15) is 17.9 Å². The summed E-state index contributed by atoms with van der Waals surface area (Å²) in [4.78, 5) is 34.1. The maximum atomic E-state index is 13.3. The monoisotopic (exact) mass is 422 g/mol. The standard InChI is InChI=1S/C21H18N4O4S/c26-16-9-13(17-2-1-7-30-17)8-15-19(16)20(25-21(24-15)22-11-23-25)12-3-5-14(6-4-12)29-10-18(27)28/h1-7,11,13,19-20H,8-10H2,(H,27,28). The number of fused-ring (bicyclic) bond motifs is 2. The van der Waals surface area contributed by atoms with Crippen molar-refractivity contribution >= 4 is 34.7 Å². The quantitative estimate of drug-likeness (QED) is 0.676. The number of carboxylic acid groups (broad SMARTS) is 1. The average molecular weight is 422 g/mol. The zero-order chi connectivity index (χ0) is 20.7. The van der Waals surface area contributed by atoms with Crippen molar-refractivity contribution < 1.29 is 19.4 Å². The molecule has 0 radical (unpaired) electrons. The summed E-state index contributed by atoms with van der Waals surface area (Å²) in [5.41, 5.74) is 1.73. The molecule has 2 aromatic heterocycles. The van der Waals surface area contributed by atoms with Gasteiger partial charge in [0.05, 0.1) is 12.0 Å². The fraction of sp³-hybridized carbons (Fsp3) is 0.286. The highest BCUT2D eigenvalue weighted by molar-refractivity contribution is 7.10. The lowest BCUT2D eigenvalue weighted by molar-refractivity contribution is -0.139. The first-order chi connectivity index (χ1) is 14.6. The second kappa shape index (κ2) is 7.49. The number of hydrogen-bond acceptors (Lipinski definition) is 7. The number of ketones is 1. The van der Waals surface area contributed by atoms with Gasteiger partial charge in [-0.25, -0.2) is 14.5 Å². The van der Waals surface area contributed by atoms with Crippen molar-refractivity contribution in [3.63, 3.8) is 0 Å². The molecule has 0 amide bonds. The Morgan fingerprint density at radius 2 is 2.07 bits per heavy atom. The zero-order valence-electron chi connectivity index (χ0n) is 15.8. The minimum absolute atomic E-state index is 0.148. The molecule has 5 rings (SSSR count). The maximum Gasteiger partial charge on any atom is 0.341 e. The van der Waals surface area contributed by atoms with Crippen molar-refractivity contribution in [2.75, 3.05) is 6.61 Å². The molecule has 30 heavy (non-hydrogen) atoms. The van der Waals surface area contributed by atoms with Crippen LogP contribution in [0.2, 0.25) is 0 Å². The molecule has 3 heterocycles. The van der Waals surface area contributed by atoms with Crippen molar-refractivity contribution in [3.8, 4) is 5.75 Å². The first-order valence-electron chi connectivity index (χ1n) is 9.58. The first kappa shape index (κ1) is 18.7. The van der Waals surface area contributed by atoms with Crippen LogP contribution in [0.5, 0.6) is 5.75 Å². The number of aliphatic imine (C=N–C) groups is 1. The van der Waals surface area contributed by atoms with Crippen LogP contribution in [0.1, 0.15) is 35.2 Å². The van der Waals surface area contributed by atoms with Crippen LogP contribution in [0.4, 0.5) is 5.95 Å². The third-order valence-electron chi connectivity index (χ3n) is 5.52. The summed E-state index contributed by atoms with van der Waals surface area (Å²) in [6, 6.07) is 10.9. The molecule has 0 spiro atoms. The third-order valence-corrected chi connectivity index (χ3v) is 6.55. The van der Waals surface area contributed by atoms with Gasteiger partial charge < -0.3 is 9.84 Å². The van der Waals surface area contributed by atoms with Gasteiger partial charge in [-0.2, -0.15) is 10.1 Å². The van der Waals surface area contributed by atoms with Gasteiger partial charge in [-0.15, -0.1) is 11.3 Å². The molecular weight excluding hydrogens is 404 g/mol. The second-order valence-electron chi connectivity index (χ2n) is 7.37. The largest absolute Gasteiger partial charge is 0.482 e. The molecule has 0 bridgehead atoms. The van der Waals surface area contributed by atoms with E-state index in [1.807, 2.05) is 23.6 Å². The van der Waals surface area contributed by atoms with Gasteiger partial charge in [0.2, 0.25) is 5.95 Å². The molecule has 1 aromatic carbocycles. The predicted octanol–water partition coefficient (Wildman–Crippen LogP) is 3.24. The molecule has 3 atom stereocenters. The number of thiophene rings is 1. The summed E-state index contributed by atoms with van der Waals surface area (Å²) in [6.07, 6.45) is 2.65. The highest BCUT2D eigenvalue weighted by Gasteiger charge is 2.44. The molecule has 2 aliphatic rings. The molecule has 0 saturated heterocycles. The summed E-state index contributed by atoms with van der Waals surface area (Å²) in [5.74, 6) is -0.173. The Morgan fingerprint density at radius 1 is 1.23 bits per heavy atom.